The van der Waals surface area contributed by atoms with Gasteiger partial charge in [0, 0.05) is 37.6 Å². The van der Waals surface area contributed by atoms with Crippen LogP contribution in [-0.4, -0.2) is 59.6 Å². The van der Waals surface area contributed by atoms with Crippen LogP contribution >= 0.6 is 0 Å². The molecule has 1 fully saturated rings. The average molecular weight is 315 g/mol. The Morgan fingerprint density at radius 2 is 2.09 bits per heavy atom. The fourth-order valence-electron chi connectivity index (χ4n) is 2.77. The van der Waals surface area contributed by atoms with Crippen LogP contribution in [0.3, 0.4) is 0 Å². The number of rotatable bonds is 5. The lowest BCUT2D eigenvalue weighted by molar-refractivity contribution is -0.146. The molecule has 0 saturated carbocycles. The van der Waals surface area contributed by atoms with Crippen molar-refractivity contribution in [2.45, 2.75) is 19.5 Å². The largest absolute Gasteiger partial charge is 0.401 e. The molecular formula is C15H20F3N3O. The van der Waals surface area contributed by atoms with Gasteiger partial charge < -0.3 is 4.90 Å². The maximum atomic E-state index is 12.5. The van der Waals surface area contributed by atoms with Gasteiger partial charge in [-0.1, -0.05) is 6.92 Å². The van der Waals surface area contributed by atoms with Gasteiger partial charge in [0.15, 0.2) is 0 Å². The first-order chi connectivity index (χ1) is 10.4. The van der Waals surface area contributed by atoms with E-state index in [0.29, 0.717) is 31.7 Å². The van der Waals surface area contributed by atoms with E-state index >= 15 is 0 Å². The van der Waals surface area contributed by atoms with Crippen LogP contribution in [0.2, 0.25) is 0 Å². The highest BCUT2D eigenvalue weighted by molar-refractivity contribution is 5.94. The van der Waals surface area contributed by atoms with E-state index in [2.05, 4.69) is 4.98 Å². The van der Waals surface area contributed by atoms with Crippen molar-refractivity contribution < 1.29 is 18.0 Å². The number of pyridine rings is 1. The standard InChI is InChI=1S/C15H20F3N3O/c1-2-20(11-15(16,17)18)9-12-5-8-21(10-12)14(22)13-3-6-19-7-4-13/h3-4,6-7,12H,2,5,8-11H2,1H3/t12-/m0/s1. The van der Waals surface area contributed by atoms with Gasteiger partial charge in [-0.2, -0.15) is 13.2 Å². The summed E-state index contributed by atoms with van der Waals surface area (Å²) in [5.41, 5.74) is 0.568. The molecule has 0 bridgehead atoms. The van der Waals surface area contributed by atoms with Crippen LogP contribution in [0.4, 0.5) is 13.2 Å². The number of carbonyl (C=O) groups excluding carboxylic acids is 1. The zero-order chi connectivity index (χ0) is 16.2. The topological polar surface area (TPSA) is 36.4 Å². The minimum absolute atomic E-state index is 0.0798. The van der Waals surface area contributed by atoms with Crippen molar-refractivity contribution in [2.75, 3.05) is 32.7 Å². The van der Waals surface area contributed by atoms with Crippen LogP contribution in [0.25, 0.3) is 0 Å². The first kappa shape index (κ1) is 16.7. The molecule has 0 aromatic carbocycles. The molecule has 1 aromatic rings. The second-order valence-corrected chi connectivity index (χ2v) is 5.58. The van der Waals surface area contributed by atoms with Gasteiger partial charge in [0.1, 0.15) is 0 Å². The van der Waals surface area contributed by atoms with E-state index in [0.717, 1.165) is 6.42 Å². The van der Waals surface area contributed by atoms with Crippen molar-refractivity contribution in [3.8, 4) is 0 Å². The minimum atomic E-state index is -4.18. The van der Waals surface area contributed by atoms with Crippen molar-refractivity contribution in [3.63, 3.8) is 0 Å². The van der Waals surface area contributed by atoms with Gasteiger partial charge in [0.25, 0.3) is 5.91 Å². The third-order valence-corrected chi connectivity index (χ3v) is 3.87. The van der Waals surface area contributed by atoms with Crippen LogP contribution in [0, 0.1) is 5.92 Å². The van der Waals surface area contributed by atoms with Crippen LogP contribution in [0.1, 0.15) is 23.7 Å². The lowest BCUT2D eigenvalue weighted by atomic mass is 10.1. The number of hydrogen-bond donors (Lipinski definition) is 0. The first-order valence-corrected chi connectivity index (χ1v) is 7.37. The summed E-state index contributed by atoms with van der Waals surface area (Å²) in [5.74, 6) is 0.0110. The average Bonchev–Trinajstić information content (AvgIpc) is 2.93. The lowest BCUT2D eigenvalue weighted by Crippen LogP contribution is -2.38. The number of aromatic nitrogens is 1. The summed E-state index contributed by atoms with van der Waals surface area (Å²) >= 11 is 0. The predicted molar refractivity (Wildman–Crippen MR) is 76.4 cm³/mol. The van der Waals surface area contributed by atoms with E-state index in [1.807, 2.05) is 0 Å². The van der Waals surface area contributed by atoms with Gasteiger partial charge in [0.05, 0.1) is 6.54 Å². The maximum Gasteiger partial charge on any atom is 0.401 e. The van der Waals surface area contributed by atoms with E-state index in [9.17, 15) is 18.0 Å². The highest BCUT2D eigenvalue weighted by atomic mass is 19.4. The van der Waals surface area contributed by atoms with Crippen molar-refractivity contribution in [3.05, 3.63) is 30.1 Å². The second-order valence-electron chi connectivity index (χ2n) is 5.58. The SMILES string of the molecule is CCN(C[C@@H]1CCN(C(=O)c2ccncc2)C1)CC(F)(F)F. The van der Waals surface area contributed by atoms with Crippen molar-refractivity contribution in [1.29, 1.82) is 0 Å². The lowest BCUT2D eigenvalue weighted by Gasteiger charge is -2.25. The molecule has 1 aromatic heterocycles. The van der Waals surface area contributed by atoms with Gasteiger partial charge in [-0.3, -0.25) is 14.7 Å². The third-order valence-electron chi connectivity index (χ3n) is 3.87. The molecule has 0 unspecified atom stereocenters. The zero-order valence-corrected chi connectivity index (χ0v) is 12.5. The third kappa shape index (κ3) is 4.69. The molecule has 4 nitrogen and oxygen atoms in total. The van der Waals surface area contributed by atoms with Gasteiger partial charge >= 0.3 is 6.18 Å². The fourth-order valence-corrected chi connectivity index (χ4v) is 2.77. The Labute approximate surface area is 127 Å². The summed E-state index contributed by atoms with van der Waals surface area (Å²) in [4.78, 5) is 19.3. The summed E-state index contributed by atoms with van der Waals surface area (Å²) in [5, 5.41) is 0. The number of likely N-dealkylation sites (tertiary alicyclic amines) is 1. The summed E-state index contributed by atoms with van der Waals surface area (Å²) in [6.45, 7) is 2.66. The molecule has 0 N–H and O–H groups in total. The normalized spacial score (nSPS) is 19.0. The van der Waals surface area contributed by atoms with Crippen LogP contribution in [0.15, 0.2) is 24.5 Å². The molecule has 2 heterocycles. The molecule has 0 spiro atoms. The smallest absolute Gasteiger partial charge is 0.338 e. The summed E-state index contributed by atoms with van der Waals surface area (Å²) in [6, 6.07) is 3.30. The molecule has 1 aliphatic heterocycles. The van der Waals surface area contributed by atoms with E-state index in [4.69, 9.17) is 0 Å². The molecule has 1 amide bonds. The number of halogens is 3. The number of alkyl halides is 3. The molecule has 2 rings (SSSR count). The van der Waals surface area contributed by atoms with Crippen molar-refractivity contribution in [1.82, 2.24) is 14.8 Å². The van der Waals surface area contributed by atoms with Crippen molar-refractivity contribution in [2.24, 2.45) is 5.92 Å². The minimum Gasteiger partial charge on any atom is -0.338 e. The maximum absolute atomic E-state index is 12.5. The number of amides is 1. The molecule has 1 aliphatic rings. The summed E-state index contributed by atoms with van der Waals surface area (Å²) < 4.78 is 37.4. The van der Waals surface area contributed by atoms with E-state index in [-0.39, 0.29) is 11.8 Å². The molecule has 122 valence electrons. The Morgan fingerprint density at radius 1 is 1.41 bits per heavy atom. The van der Waals surface area contributed by atoms with Crippen LogP contribution in [0.5, 0.6) is 0 Å². The van der Waals surface area contributed by atoms with Gasteiger partial charge in [-0.25, -0.2) is 0 Å². The van der Waals surface area contributed by atoms with Crippen LogP contribution < -0.4 is 0 Å². The van der Waals surface area contributed by atoms with Gasteiger partial charge in [-0.15, -0.1) is 0 Å². The highest BCUT2D eigenvalue weighted by Gasteiger charge is 2.33. The Balaban J connectivity index is 1.88. The Hall–Kier alpha value is -1.63. The number of nitrogens with zero attached hydrogens (tertiary/aromatic N) is 3. The molecule has 0 aliphatic carbocycles. The second kappa shape index (κ2) is 7.09. The molecule has 1 saturated heterocycles. The quantitative estimate of drug-likeness (QED) is 0.837. The van der Waals surface area contributed by atoms with Crippen LogP contribution in [-0.2, 0) is 0 Å². The molecule has 1 atom stereocenters. The van der Waals surface area contributed by atoms with Gasteiger partial charge in [-0.05, 0) is 31.0 Å². The Morgan fingerprint density at radius 3 is 2.68 bits per heavy atom. The predicted octanol–water partition coefficient (Wildman–Crippen LogP) is 2.43. The Kier molecular flexibility index (Phi) is 5.39. The molecule has 0 radical (unpaired) electrons. The number of carbonyl (C=O) groups is 1. The van der Waals surface area contributed by atoms with Gasteiger partial charge in [0.2, 0.25) is 0 Å². The molecule has 7 heteroatoms. The monoisotopic (exact) mass is 315 g/mol. The van der Waals surface area contributed by atoms with E-state index in [1.54, 1.807) is 36.4 Å². The zero-order valence-electron chi connectivity index (χ0n) is 12.5. The summed E-state index contributed by atoms with van der Waals surface area (Å²) in [6.07, 6.45) is -0.321. The van der Waals surface area contributed by atoms with E-state index < -0.39 is 12.7 Å². The van der Waals surface area contributed by atoms with E-state index in [1.165, 1.54) is 4.90 Å². The van der Waals surface area contributed by atoms with Crippen molar-refractivity contribution >= 4 is 5.91 Å². The highest BCUT2D eigenvalue weighted by Crippen LogP contribution is 2.22. The Bertz CT molecular complexity index is 493. The fraction of sp³-hybridized carbons (Fsp3) is 0.600. The summed E-state index contributed by atoms with van der Waals surface area (Å²) in [7, 11) is 0. The molecular weight excluding hydrogens is 295 g/mol. The number of hydrogen-bond acceptors (Lipinski definition) is 3. The first-order valence-electron chi connectivity index (χ1n) is 7.37. The molecule has 22 heavy (non-hydrogen) atoms.